The van der Waals surface area contributed by atoms with Gasteiger partial charge in [-0.05, 0) is 25.3 Å². The lowest BCUT2D eigenvalue weighted by molar-refractivity contribution is 0.0565. The van der Waals surface area contributed by atoms with Crippen LogP contribution in [0.5, 0.6) is 0 Å². The lowest BCUT2D eigenvalue weighted by atomic mass is 9.96. The van der Waals surface area contributed by atoms with Gasteiger partial charge in [-0.3, -0.25) is 4.40 Å². The number of nitrogens with zero attached hydrogens (tertiary/aromatic N) is 2. The van der Waals surface area contributed by atoms with Gasteiger partial charge < -0.3 is 10.4 Å². The second-order valence-electron chi connectivity index (χ2n) is 6.52. The summed E-state index contributed by atoms with van der Waals surface area (Å²) in [7, 11) is 0. The third kappa shape index (κ3) is 2.92. The van der Waals surface area contributed by atoms with E-state index in [9.17, 15) is 5.11 Å². The molecule has 1 aliphatic rings. The summed E-state index contributed by atoms with van der Waals surface area (Å²) in [6, 6.07) is 9.82. The molecule has 4 nitrogen and oxygen atoms in total. The fourth-order valence-electron chi connectivity index (χ4n) is 3.03. The number of fused-ring (bicyclic) bond motifs is 1. The Morgan fingerprint density at radius 3 is 2.87 bits per heavy atom. The molecule has 0 spiro atoms. The highest BCUT2D eigenvalue weighted by atomic mass is 32.1. The van der Waals surface area contributed by atoms with Crippen LogP contribution in [0.25, 0.3) is 4.96 Å². The summed E-state index contributed by atoms with van der Waals surface area (Å²) in [5, 5.41) is 16.2. The Morgan fingerprint density at radius 2 is 2.13 bits per heavy atom. The maximum absolute atomic E-state index is 10.7. The molecule has 1 unspecified atom stereocenters. The number of hydrogen-bond acceptors (Lipinski definition) is 4. The second kappa shape index (κ2) is 5.74. The molecule has 1 aliphatic carbocycles. The molecule has 0 amide bonds. The molecule has 23 heavy (non-hydrogen) atoms. The van der Waals surface area contributed by atoms with E-state index in [4.69, 9.17) is 4.98 Å². The fourth-order valence-corrected chi connectivity index (χ4v) is 3.77. The van der Waals surface area contributed by atoms with Crippen molar-refractivity contribution in [2.75, 3.05) is 6.54 Å². The van der Waals surface area contributed by atoms with E-state index in [0.717, 1.165) is 17.1 Å². The third-order valence-corrected chi connectivity index (χ3v) is 5.27. The van der Waals surface area contributed by atoms with E-state index in [-0.39, 0.29) is 0 Å². The van der Waals surface area contributed by atoms with Gasteiger partial charge in [-0.1, -0.05) is 30.3 Å². The van der Waals surface area contributed by atoms with Crippen LogP contribution in [-0.4, -0.2) is 21.0 Å². The van der Waals surface area contributed by atoms with Gasteiger partial charge in [0.2, 0.25) is 0 Å². The molecule has 0 aliphatic heterocycles. The van der Waals surface area contributed by atoms with E-state index in [2.05, 4.69) is 21.3 Å². The van der Waals surface area contributed by atoms with Crippen LogP contribution in [0.3, 0.4) is 0 Å². The van der Waals surface area contributed by atoms with E-state index in [1.807, 2.05) is 37.3 Å². The van der Waals surface area contributed by atoms with Crippen molar-refractivity contribution in [3.05, 3.63) is 58.9 Å². The van der Waals surface area contributed by atoms with Crippen LogP contribution in [0.15, 0.2) is 41.9 Å². The van der Waals surface area contributed by atoms with Gasteiger partial charge in [-0.2, -0.15) is 0 Å². The van der Waals surface area contributed by atoms with E-state index >= 15 is 0 Å². The number of aliphatic hydroxyl groups is 1. The number of thiazole rings is 1. The van der Waals surface area contributed by atoms with Crippen LogP contribution in [0.1, 0.15) is 42.6 Å². The van der Waals surface area contributed by atoms with Crippen molar-refractivity contribution in [2.24, 2.45) is 0 Å². The lowest BCUT2D eigenvalue weighted by Gasteiger charge is -2.24. The number of rotatable bonds is 6. The quantitative estimate of drug-likeness (QED) is 0.730. The molecule has 1 aromatic carbocycles. The van der Waals surface area contributed by atoms with Crippen molar-refractivity contribution in [1.29, 1.82) is 0 Å². The largest absolute Gasteiger partial charge is 0.384 e. The van der Waals surface area contributed by atoms with Crippen molar-refractivity contribution in [3.8, 4) is 0 Å². The van der Waals surface area contributed by atoms with Gasteiger partial charge in [0.15, 0.2) is 4.96 Å². The Bertz CT molecular complexity index is 802. The fraction of sp³-hybridized carbons (Fsp3) is 0.389. The van der Waals surface area contributed by atoms with Crippen LogP contribution >= 0.6 is 11.3 Å². The molecule has 5 heteroatoms. The number of hydrogen-bond donors (Lipinski definition) is 2. The van der Waals surface area contributed by atoms with Gasteiger partial charge >= 0.3 is 0 Å². The molecule has 2 N–H and O–H groups in total. The Labute approximate surface area is 139 Å². The highest BCUT2D eigenvalue weighted by Gasteiger charge is 2.30. The maximum atomic E-state index is 10.7. The third-order valence-electron chi connectivity index (χ3n) is 4.51. The molecular weight excluding hydrogens is 306 g/mol. The predicted octanol–water partition coefficient (Wildman–Crippen LogP) is 3.27. The molecule has 2 aromatic heterocycles. The first kappa shape index (κ1) is 14.9. The zero-order valence-corrected chi connectivity index (χ0v) is 14.0. The minimum atomic E-state index is -0.876. The summed E-state index contributed by atoms with van der Waals surface area (Å²) in [5.74, 6) is 0.633. The summed E-state index contributed by atoms with van der Waals surface area (Å²) in [6.45, 7) is 3.10. The normalized spacial score (nSPS) is 17.5. The van der Waals surface area contributed by atoms with Gasteiger partial charge in [0, 0.05) is 30.6 Å². The highest BCUT2D eigenvalue weighted by Crippen LogP contribution is 2.41. The first-order chi connectivity index (χ1) is 11.1. The number of imidazole rings is 1. The molecule has 0 radical (unpaired) electrons. The Hall–Kier alpha value is -1.69. The number of nitrogens with one attached hydrogen (secondary N) is 1. The summed E-state index contributed by atoms with van der Waals surface area (Å²) in [4.78, 5) is 5.85. The van der Waals surface area contributed by atoms with Gasteiger partial charge in [0.25, 0.3) is 0 Å². The molecule has 4 rings (SSSR count). The molecule has 3 aromatic rings. The number of benzene rings is 1. The summed E-state index contributed by atoms with van der Waals surface area (Å²) >= 11 is 1.68. The van der Waals surface area contributed by atoms with Crippen molar-refractivity contribution >= 4 is 16.3 Å². The van der Waals surface area contributed by atoms with Crippen LogP contribution < -0.4 is 5.32 Å². The first-order valence-corrected chi connectivity index (χ1v) is 8.96. The molecule has 1 atom stereocenters. The second-order valence-corrected chi connectivity index (χ2v) is 7.39. The summed E-state index contributed by atoms with van der Waals surface area (Å²) in [6.07, 6.45) is 4.59. The topological polar surface area (TPSA) is 49.6 Å². The Morgan fingerprint density at radius 1 is 1.35 bits per heavy atom. The lowest BCUT2D eigenvalue weighted by Crippen LogP contribution is -2.35. The predicted molar refractivity (Wildman–Crippen MR) is 92.8 cm³/mol. The molecule has 0 bridgehead atoms. The summed E-state index contributed by atoms with van der Waals surface area (Å²) in [5.41, 5.74) is 2.54. The van der Waals surface area contributed by atoms with Crippen LogP contribution in [0.2, 0.25) is 0 Å². The van der Waals surface area contributed by atoms with Crippen LogP contribution in [0.4, 0.5) is 0 Å². The Balaban J connectivity index is 1.49. The molecule has 0 saturated heterocycles. The standard InChI is InChI=1S/C18H21N3OS/c1-18(22,14-5-3-2-4-6-14)12-19-11-15-16(13-7-8-13)20-17-21(15)9-10-23-17/h2-6,9-10,13,19,22H,7-8,11-12H2,1H3. The summed E-state index contributed by atoms with van der Waals surface area (Å²) < 4.78 is 2.18. The highest BCUT2D eigenvalue weighted by molar-refractivity contribution is 7.15. The SMILES string of the molecule is CC(O)(CNCc1c(C2CC2)nc2sccn12)c1ccccc1. The van der Waals surface area contributed by atoms with Gasteiger partial charge in [-0.15, -0.1) is 11.3 Å². The van der Waals surface area contributed by atoms with Gasteiger partial charge in [-0.25, -0.2) is 4.98 Å². The van der Waals surface area contributed by atoms with E-state index in [1.165, 1.54) is 24.2 Å². The molecule has 2 heterocycles. The molecule has 1 saturated carbocycles. The van der Waals surface area contributed by atoms with Crippen molar-refractivity contribution < 1.29 is 5.11 Å². The number of aromatic nitrogens is 2. The zero-order valence-electron chi connectivity index (χ0n) is 13.2. The smallest absolute Gasteiger partial charge is 0.194 e. The average molecular weight is 327 g/mol. The van der Waals surface area contributed by atoms with Gasteiger partial charge in [0.05, 0.1) is 17.0 Å². The Kier molecular flexibility index (Phi) is 3.71. The molecular formula is C18H21N3OS. The van der Waals surface area contributed by atoms with Crippen molar-refractivity contribution in [1.82, 2.24) is 14.7 Å². The van der Waals surface area contributed by atoms with Crippen LogP contribution in [0, 0.1) is 0 Å². The van der Waals surface area contributed by atoms with E-state index in [1.54, 1.807) is 11.3 Å². The minimum absolute atomic E-state index is 0.512. The van der Waals surface area contributed by atoms with E-state index in [0.29, 0.717) is 12.5 Å². The molecule has 1 fully saturated rings. The monoisotopic (exact) mass is 327 g/mol. The zero-order chi connectivity index (χ0) is 15.9. The van der Waals surface area contributed by atoms with Gasteiger partial charge in [0.1, 0.15) is 0 Å². The molecule has 120 valence electrons. The van der Waals surface area contributed by atoms with Crippen LogP contribution in [-0.2, 0) is 12.1 Å². The first-order valence-electron chi connectivity index (χ1n) is 8.08. The minimum Gasteiger partial charge on any atom is -0.384 e. The average Bonchev–Trinajstić information content (AvgIpc) is 3.19. The maximum Gasteiger partial charge on any atom is 0.194 e. The van der Waals surface area contributed by atoms with Crippen molar-refractivity contribution in [2.45, 2.75) is 37.8 Å². The van der Waals surface area contributed by atoms with Crippen molar-refractivity contribution in [3.63, 3.8) is 0 Å². The van der Waals surface area contributed by atoms with E-state index < -0.39 is 5.60 Å².